The third kappa shape index (κ3) is 16.8. The Hall–Kier alpha value is -1.67. The summed E-state index contributed by atoms with van der Waals surface area (Å²) < 4.78 is 106. The predicted molar refractivity (Wildman–Crippen MR) is 269 cm³/mol. The van der Waals surface area contributed by atoms with Gasteiger partial charge in [0.1, 0.15) is 153 Å². The fourth-order valence-electron chi connectivity index (χ4n) is 10.9. The summed E-state index contributed by atoms with van der Waals surface area (Å²) in [5, 5.41) is 214. The molecule has 0 amide bonds. The first-order chi connectivity index (χ1) is 42.0. The third-order valence-corrected chi connectivity index (χ3v) is 16.8. The fourth-order valence-corrected chi connectivity index (χ4v) is 12.0. The van der Waals surface area contributed by atoms with Crippen molar-refractivity contribution in [2.24, 2.45) is 11.5 Å². The van der Waals surface area contributed by atoms with Gasteiger partial charge in [-0.3, -0.25) is 9.05 Å². The minimum Gasteiger partial charge on any atom is -0.477 e. The molecule has 7 fully saturated rings. The lowest BCUT2D eigenvalue weighted by atomic mass is 9.91. The molecular weight excluding hydrogens is 1290 g/mol. The Bertz CT molecular complexity index is 2370. The first kappa shape index (κ1) is 75.7. The van der Waals surface area contributed by atoms with Crippen molar-refractivity contribution in [1.82, 2.24) is 0 Å². The molecule has 0 aromatic rings. The summed E-state index contributed by atoms with van der Waals surface area (Å²) in [6, 6.07) is -3.28. The van der Waals surface area contributed by atoms with E-state index in [0.29, 0.717) is 0 Å². The Balaban J connectivity index is 1.06. The first-order valence-corrected chi connectivity index (χ1v) is 30.4. The number of hydrogen-bond acceptors (Lipinski definition) is 39. The van der Waals surface area contributed by atoms with Crippen LogP contribution in [0.1, 0.15) is 6.42 Å². The summed E-state index contributed by atoms with van der Waals surface area (Å²) in [7, 11) is -11.5. The number of phosphoric ester groups is 2. The molecule has 0 aliphatic carbocycles. The molecule has 35 atom stereocenters. The van der Waals surface area contributed by atoms with Gasteiger partial charge in [-0.25, -0.2) is 13.9 Å². The number of nitrogens with two attached hydrogens (primary N) is 2. The summed E-state index contributed by atoms with van der Waals surface area (Å²) in [5.41, 5.74) is 11.6. The second-order valence-electron chi connectivity index (χ2n) is 21.9. The van der Waals surface area contributed by atoms with Gasteiger partial charge in [-0.2, -0.15) is 0 Å². The van der Waals surface area contributed by atoms with E-state index in [1.165, 1.54) is 0 Å². The van der Waals surface area contributed by atoms with Crippen LogP contribution in [0.2, 0.25) is 0 Å². The van der Waals surface area contributed by atoms with Gasteiger partial charge >= 0.3 is 21.6 Å². The van der Waals surface area contributed by atoms with Crippen LogP contribution in [0, 0.1) is 0 Å². The zero-order chi connectivity index (χ0) is 67.0. The van der Waals surface area contributed by atoms with E-state index in [-0.39, 0.29) is 0 Å². The second-order valence-corrected chi connectivity index (χ2v) is 24.3. The molecule has 7 heterocycles. The highest BCUT2D eigenvalue weighted by atomic mass is 31.2. The maximum Gasteiger partial charge on any atom is 0.470 e. The quantitative estimate of drug-likeness (QED) is 0.0377. The average Bonchev–Trinajstić information content (AvgIpc) is 0.784. The molecule has 7 saturated heterocycles. The summed E-state index contributed by atoms with van der Waals surface area (Å²) >= 11 is 0. The van der Waals surface area contributed by atoms with Crippen molar-refractivity contribution in [2.75, 3.05) is 46.2 Å². The van der Waals surface area contributed by atoms with Crippen LogP contribution < -0.4 is 11.5 Å². The Morgan fingerprint density at radius 1 is 0.467 bits per heavy atom. The minimum atomic E-state index is -5.88. The molecule has 0 spiro atoms. The maximum atomic E-state index is 13.1. The number of phosphoric acid groups is 2. The van der Waals surface area contributed by atoms with E-state index in [0.717, 1.165) is 0 Å². The smallest absolute Gasteiger partial charge is 0.470 e. The molecule has 7 aliphatic heterocycles. The lowest BCUT2D eigenvalue weighted by molar-refractivity contribution is -0.394. The zero-order valence-corrected chi connectivity index (χ0v) is 48.2. The van der Waals surface area contributed by atoms with Gasteiger partial charge in [-0.1, -0.05) is 0 Å². The van der Waals surface area contributed by atoms with E-state index in [4.69, 9.17) is 82.1 Å². The van der Waals surface area contributed by atoms with Crippen molar-refractivity contribution >= 4 is 21.6 Å². The molecule has 526 valence electrons. The van der Waals surface area contributed by atoms with Crippen molar-refractivity contribution in [3.63, 3.8) is 0 Å². The van der Waals surface area contributed by atoms with Crippen molar-refractivity contribution in [2.45, 2.75) is 221 Å². The average molecular weight is 1370 g/mol. The largest absolute Gasteiger partial charge is 0.477 e. The fraction of sp³-hybridized carbons (Fsp3) is 0.977. The lowest BCUT2D eigenvalue weighted by Crippen LogP contribution is -2.68. The van der Waals surface area contributed by atoms with E-state index >= 15 is 0 Å². The number of rotatable bonds is 25. The van der Waals surface area contributed by atoms with Gasteiger partial charge < -0.3 is 195 Å². The highest BCUT2D eigenvalue weighted by Crippen LogP contribution is 2.46. The molecule has 0 unspecified atom stereocenters. The number of ether oxygens (including phenoxy) is 13. The number of carboxylic acid groups (broad SMARTS) is 1. The van der Waals surface area contributed by atoms with Crippen LogP contribution in [-0.4, -0.2) is 388 Å². The molecule has 0 aromatic heterocycles. The van der Waals surface area contributed by atoms with Crippen LogP contribution >= 0.6 is 15.6 Å². The van der Waals surface area contributed by atoms with Crippen molar-refractivity contribution < 1.29 is 206 Å². The Morgan fingerprint density at radius 2 is 0.922 bits per heavy atom. The van der Waals surface area contributed by atoms with Crippen LogP contribution in [0.15, 0.2) is 0 Å². The Morgan fingerprint density at radius 3 is 1.47 bits per heavy atom. The Labute approximate surface area is 505 Å². The molecule has 0 aromatic carbocycles. The van der Waals surface area contributed by atoms with Crippen LogP contribution in [0.3, 0.4) is 0 Å². The first-order valence-electron chi connectivity index (χ1n) is 27.3. The van der Waals surface area contributed by atoms with Gasteiger partial charge in [0.15, 0.2) is 37.7 Å². The summed E-state index contributed by atoms with van der Waals surface area (Å²) in [6.07, 6.45) is -68.9. The van der Waals surface area contributed by atoms with E-state index < -0.39 is 289 Å². The zero-order valence-electron chi connectivity index (χ0n) is 46.4. The lowest BCUT2D eigenvalue weighted by Gasteiger charge is -2.50. The topological polar surface area (TPSA) is 727 Å². The highest BCUT2D eigenvalue weighted by Gasteiger charge is 2.61. The van der Waals surface area contributed by atoms with Gasteiger partial charge in [0.2, 0.25) is 0 Å². The molecule has 46 heteroatoms. The van der Waals surface area contributed by atoms with E-state index in [1.54, 1.807) is 0 Å². The monoisotopic (exact) mass is 1370 g/mol. The van der Waals surface area contributed by atoms with Gasteiger partial charge in [0.05, 0.1) is 64.4 Å². The van der Waals surface area contributed by atoms with E-state index in [1.807, 2.05) is 0 Å². The molecular formula is C44H78N2O42P2. The van der Waals surface area contributed by atoms with Crippen LogP contribution in [0.25, 0.3) is 0 Å². The van der Waals surface area contributed by atoms with Gasteiger partial charge in [-0.15, -0.1) is 0 Å². The standard InChI is InChI=1S/C44H78N2O42P2/c45-17-22(57)20(55)15(76-37(17)65)7-74-38-18(46)23(58)33(87-89(68,69)70)16(81-38)8-75-44(43(66)67)1-9(52)30(31(86-44)10(53)2-47)82-42-29(64)36(88-90(71,72)73)34(14(6-51)80-42)84-40-27(62)25(60)32(13(5-50)79-40)83-41-28(63)35(21(56)12(4-49)78-41)85-39-26(61)24(59)19(54)11(3-48)77-39/h9-42,47-65H,1-8,45-46H2,(H,66,67)(H2,68,69,70)(H2,71,72,73)/t9-,10-,11-,12-,13-,14-,15-,16-,17-,18-,19-,20-,21-,22-,23-,24+,25-,26+,27-,28-,29+,30-,31-,32-,33-,34-,35+,36-,37+,38-,39-,40+,41-,42-,44-/m1/s1. The van der Waals surface area contributed by atoms with E-state index in [2.05, 4.69) is 0 Å². The number of aliphatic hydroxyl groups excluding tert-OH is 19. The summed E-state index contributed by atoms with van der Waals surface area (Å²) in [6.45, 7) is -7.98. The van der Waals surface area contributed by atoms with Crippen LogP contribution in [-0.2, 0) is 84.6 Å². The van der Waals surface area contributed by atoms with Crippen molar-refractivity contribution in [3.05, 3.63) is 0 Å². The normalized spacial score (nSPS) is 48.7. The number of aliphatic carboxylic acids is 1. The Kier molecular flexibility index (Phi) is 26.3. The molecule has 0 saturated carbocycles. The molecule has 44 nitrogen and oxygen atoms in total. The summed E-state index contributed by atoms with van der Waals surface area (Å²) in [4.78, 5) is 52.6. The third-order valence-electron chi connectivity index (χ3n) is 15.8. The number of carbonyl (C=O) groups is 1. The number of hydrogen-bond donors (Lipinski definition) is 26. The van der Waals surface area contributed by atoms with Gasteiger partial charge in [-0.05, 0) is 0 Å². The summed E-state index contributed by atoms with van der Waals surface area (Å²) in [5.74, 6) is -5.43. The molecule has 7 rings (SSSR count). The van der Waals surface area contributed by atoms with Crippen LogP contribution in [0.4, 0.5) is 0 Å². The SMILES string of the molecule is N[C@@H]1[C@@H](O)[C@H](O)[C@@H](CO[C@@H]2O[C@H](CO[C@]3(C(=O)O)C[C@@H](O)[C@@H](O[C@H]4O[C@H](CO)[C@@H](O[C@@H]5O[C@H](CO)[C@@H](O[C@H]6O[C@H](CO)[C@@H](O)[C@H](O[C@H]7O[C@H](CO)[C@@H](O)[C@H](O)[C@@H]7O)[C@H]6O)[C@H](O)[C@H]5O)[C@H](OP(=O)(O)O)[C@@H]4O)[C@@H]([C@H](O)CO)O3)[C@@H](OP(=O)(O)O)[C@H](O)[C@H]2N)O[C@@H]1O. The molecule has 0 radical (unpaired) electrons. The molecule has 90 heavy (non-hydrogen) atoms. The highest BCUT2D eigenvalue weighted by molar-refractivity contribution is 7.46. The number of carboxylic acids is 1. The maximum absolute atomic E-state index is 13.1. The van der Waals surface area contributed by atoms with Crippen molar-refractivity contribution in [1.29, 1.82) is 0 Å². The van der Waals surface area contributed by atoms with Gasteiger partial charge in [0, 0.05) is 6.42 Å². The molecule has 7 aliphatic rings. The van der Waals surface area contributed by atoms with E-state index in [9.17, 15) is 136 Å². The predicted octanol–water partition coefficient (Wildman–Crippen LogP) is -16.3. The van der Waals surface area contributed by atoms with Crippen LogP contribution in [0.5, 0.6) is 0 Å². The second kappa shape index (κ2) is 31.2. The minimum absolute atomic E-state index is 0.807. The molecule has 0 bridgehead atoms. The molecule has 28 N–H and O–H groups in total. The van der Waals surface area contributed by atoms with Gasteiger partial charge in [0.25, 0.3) is 5.79 Å². The number of aliphatic hydroxyl groups is 19. The van der Waals surface area contributed by atoms with Crippen molar-refractivity contribution in [3.8, 4) is 0 Å².